The zero-order valence-corrected chi connectivity index (χ0v) is 18.5. The van der Waals surface area contributed by atoms with Crippen LogP contribution in [0.2, 0.25) is 0 Å². The zero-order valence-electron chi connectivity index (χ0n) is 14.2. The van der Waals surface area contributed by atoms with E-state index in [0.717, 1.165) is 0 Å². The van der Waals surface area contributed by atoms with Gasteiger partial charge in [-0.05, 0) is 0 Å². The number of rotatable bonds is 4. The van der Waals surface area contributed by atoms with Crippen molar-refractivity contribution >= 4 is 53.0 Å². The quantitative estimate of drug-likeness (QED) is 0.593. The van der Waals surface area contributed by atoms with Gasteiger partial charge in [0.05, 0.1) is 0 Å². The Labute approximate surface area is 151 Å². The van der Waals surface area contributed by atoms with Crippen LogP contribution in [0.15, 0.2) is 84.9 Å². The molecule has 0 radical (unpaired) electrons. The summed E-state index contributed by atoms with van der Waals surface area (Å²) < 4.78 is 0. The first-order valence-electron chi connectivity index (χ1n) is 8.23. The summed E-state index contributed by atoms with van der Waals surface area (Å²) in [5.74, 6) is 0. The van der Waals surface area contributed by atoms with Gasteiger partial charge in [-0.25, -0.2) is 0 Å². The van der Waals surface area contributed by atoms with Crippen LogP contribution in [0.4, 0.5) is 0 Å². The Morgan fingerprint density at radius 3 is 1.33 bits per heavy atom. The Morgan fingerprint density at radius 2 is 0.917 bits per heavy atom. The van der Waals surface area contributed by atoms with Crippen molar-refractivity contribution in [2.75, 3.05) is 13.3 Å². The first kappa shape index (κ1) is 18.2. The topological polar surface area (TPSA) is 0 Å². The van der Waals surface area contributed by atoms with Crippen molar-refractivity contribution in [3.63, 3.8) is 0 Å². The summed E-state index contributed by atoms with van der Waals surface area (Å²) >= 11 is 0. The maximum atomic E-state index is 3.12. The summed E-state index contributed by atoms with van der Waals surface area (Å²) in [6.07, 6.45) is 0. The molecule has 0 saturated heterocycles. The molecule has 3 aromatic carbocycles. The first-order valence-corrected chi connectivity index (χ1v) is 16.8. The van der Waals surface area contributed by atoms with Gasteiger partial charge in [-0.15, -0.1) is 0 Å². The fraction of sp³-hybridized carbons (Fsp3) is 0.100. The number of benzene rings is 3. The van der Waals surface area contributed by atoms with Gasteiger partial charge in [0.15, 0.2) is 0 Å². The second kappa shape index (κ2) is 7.32. The van der Waals surface area contributed by atoms with E-state index in [1.54, 1.807) is 5.30 Å². The summed E-state index contributed by atoms with van der Waals surface area (Å²) in [6.45, 7) is 3.29. The van der Waals surface area contributed by atoms with E-state index >= 15 is 0 Å². The molecule has 0 saturated carbocycles. The molecular formula is C20H26P4. The van der Waals surface area contributed by atoms with E-state index in [9.17, 15) is 0 Å². The molecule has 0 aliphatic heterocycles. The van der Waals surface area contributed by atoms with Gasteiger partial charge in [0.25, 0.3) is 0 Å². The second-order valence-corrected chi connectivity index (χ2v) is 22.9. The average Bonchev–Trinajstić information content (AvgIpc) is 2.62. The molecule has 0 fully saturated rings. The van der Waals surface area contributed by atoms with Crippen LogP contribution in [0.5, 0.6) is 0 Å². The van der Waals surface area contributed by atoms with Crippen molar-refractivity contribution in [3.8, 4) is 0 Å². The minimum absolute atomic E-state index is 1.47. The molecule has 24 heavy (non-hydrogen) atoms. The van der Waals surface area contributed by atoms with E-state index in [2.05, 4.69) is 116 Å². The van der Waals surface area contributed by atoms with Crippen molar-refractivity contribution in [2.45, 2.75) is 0 Å². The first-order chi connectivity index (χ1) is 11.4. The van der Waals surface area contributed by atoms with Crippen molar-refractivity contribution in [1.29, 1.82) is 0 Å². The summed E-state index contributed by atoms with van der Waals surface area (Å²) in [7, 11) is 4.22. The number of hydrogen-bond acceptors (Lipinski definition) is 0. The van der Waals surface area contributed by atoms with Gasteiger partial charge < -0.3 is 0 Å². The van der Waals surface area contributed by atoms with Crippen molar-refractivity contribution in [1.82, 2.24) is 0 Å². The third kappa shape index (κ3) is 3.50. The van der Waals surface area contributed by atoms with Crippen LogP contribution in [-0.2, 0) is 0 Å². The third-order valence-electron chi connectivity index (χ3n) is 4.75. The van der Waals surface area contributed by atoms with E-state index in [1.165, 1.54) is 15.9 Å². The molecule has 126 valence electrons. The van der Waals surface area contributed by atoms with Crippen LogP contribution >= 0.6 is 31.8 Å². The van der Waals surface area contributed by atoms with Gasteiger partial charge >= 0.3 is 151 Å². The molecule has 2 atom stereocenters. The molecule has 0 spiro atoms. The van der Waals surface area contributed by atoms with Crippen molar-refractivity contribution in [2.24, 2.45) is 0 Å². The van der Waals surface area contributed by atoms with E-state index in [-0.39, 0.29) is 0 Å². The van der Waals surface area contributed by atoms with Gasteiger partial charge in [0, 0.05) is 0 Å². The van der Waals surface area contributed by atoms with Crippen LogP contribution < -0.4 is 21.2 Å². The van der Waals surface area contributed by atoms with E-state index < -0.39 is 13.9 Å². The minimum atomic E-state index is -2.02. The predicted octanol–water partition coefficient (Wildman–Crippen LogP) is 3.93. The van der Waals surface area contributed by atoms with Gasteiger partial charge in [0.2, 0.25) is 0 Å². The predicted molar refractivity (Wildman–Crippen MR) is 126 cm³/mol. The molecule has 0 heterocycles. The zero-order chi connectivity index (χ0) is 17.2. The van der Waals surface area contributed by atoms with E-state index in [0.29, 0.717) is 0 Å². The summed E-state index contributed by atoms with van der Waals surface area (Å²) in [6, 6.07) is 31.2. The third-order valence-corrected chi connectivity index (χ3v) is 13.0. The SMILES string of the molecule is C[PH](P)(P)c1ccccc1[PH](C)(c1ccccc1)c1ccccc1. The van der Waals surface area contributed by atoms with E-state index in [1.807, 2.05) is 0 Å². The van der Waals surface area contributed by atoms with Crippen LogP contribution in [-0.4, -0.2) is 13.3 Å². The molecule has 0 bridgehead atoms. The average molecular weight is 390 g/mol. The van der Waals surface area contributed by atoms with E-state index in [4.69, 9.17) is 0 Å². The molecule has 0 aromatic heterocycles. The molecule has 4 heteroatoms. The molecule has 3 rings (SSSR count). The summed E-state index contributed by atoms with van der Waals surface area (Å²) in [4.78, 5) is 0. The molecule has 2 unspecified atom stereocenters. The van der Waals surface area contributed by atoms with Crippen LogP contribution in [0.25, 0.3) is 0 Å². The Hall–Kier alpha value is -0.620. The Kier molecular flexibility index (Phi) is 5.55. The standard InChI is InChI=1S/C20H26P4/c1-23(17-11-5-3-6-12-17,18-13-7-4-8-14-18)19-15-9-10-16-20(19)24(2,21)22/h3-16,23-24H,21-22H2,1-2H3. The van der Waals surface area contributed by atoms with Crippen molar-refractivity contribution in [3.05, 3.63) is 84.9 Å². The fourth-order valence-electron chi connectivity index (χ4n) is 3.41. The Morgan fingerprint density at radius 1 is 0.542 bits per heavy atom. The van der Waals surface area contributed by atoms with Gasteiger partial charge in [0.1, 0.15) is 0 Å². The molecular weight excluding hydrogens is 364 g/mol. The van der Waals surface area contributed by atoms with Crippen molar-refractivity contribution < 1.29 is 0 Å². The molecule has 0 amide bonds. The molecule has 3 aromatic rings. The summed E-state index contributed by atoms with van der Waals surface area (Å²) in [5, 5.41) is 6.01. The molecule has 0 nitrogen and oxygen atoms in total. The summed E-state index contributed by atoms with van der Waals surface area (Å²) in [5.41, 5.74) is 0. The van der Waals surface area contributed by atoms with Gasteiger partial charge in [-0.1, -0.05) is 0 Å². The maximum absolute atomic E-state index is 3.12. The normalized spacial score (nSPS) is 13.5. The number of hydrogen-bond donors (Lipinski definition) is 0. The van der Waals surface area contributed by atoms with Gasteiger partial charge in [-0.3, -0.25) is 0 Å². The monoisotopic (exact) mass is 390 g/mol. The molecule has 0 aliphatic rings. The van der Waals surface area contributed by atoms with Crippen LogP contribution in [0.1, 0.15) is 0 Å². The van der Waals surface area contributed by atoms with Crippen LogP contribution in [0, 0.1) is 0 Å². The second-order valence-electron chi connectivity index (χ2n) is 6.69. The Bertz CT molecular complexity index is 768. The molecule has 0 N–H and O–H groups in total. The fourth-order valence-corrected chi connectivity index (χ4v) is 12.2. The van der Waals surface area contributed by atoms with Crippen LogP contribution in [0.3, 0.4) is 0 Å². The Balaban J connectivity index is 2.33. The molecule has 0 aliphatic carbocycles. The van der Waals surface area contributed by atoms with Gasteiger partial charge in [-0.2, -0.15) is 0 Å².